The third-order valence-corrected chi connectivity index (χ3v) is 5.01. The molecule has 2 aliphatic rings. The first-order valence-electron chi connectivity index (χ1n) is 5.18. The monoisotopic (exact) mass is 218 g/mol. The van der Waals surface area contributed by atoms with Crippen molar-refractivity contribution in [3.63, 3.8) is 0 Å². The van der Waals surface area contributed by atoms with Crippen molar-refractivity contribution in [2.75, 3.05) is 38.2 Å². The van der Waals surface area contributed by atoms with Crippen LogP contribution in [0.3, 0.4) is 0 Å². The van der Waals surface area contributed by atoms with E-state index >= 15 is 0 Å². The summed E-state index contributed by atoms with van der Waals surface area (Å²) in [4.78, 5) is 2.21. The molecule has 0 aromatic heterocycles. The van der Waals surface area contributed by atoms with Crippen LogP contribution in [0, 0.1) is 5.92 Å². The Balaban J connectivity index is 1.76. The molecule has 1 unspecified atom stereocenters. The highest BCUT2D eigenvalue weighted by atomic mass is 32.2. The molecule has 2 aliphatic heterocycles. The zero-order chi connectivity index (χ0) is 10.2. The minimum absolute atomic E-state index is 0.278. The van der Waals surface area contributed by atoms with Crippen LogP contribution in [-0.2, 0) is 9.84 Å². The molecule has 82 valence electrons. The second-order valence-electron chi connectivity index (χ2n) is 4.53. The maximum absolute atomic E-state index is 11.0. The Labute approximate surface area is 85.6 Å². The van der Waals surface area contributed by atoms with Gasteiger partial charge in [-0.1, -0.05) is 0 Å². The van der Waals surface area contributed by atoms with Gasteiger partial charge in [0.05, 0.1) is 11.5 Å². The lowest BCUT2D eigenvalue weighted by atomic mass is 10.1. The summed E-state index contributed by atoms with van der Waals surface area (Å²) in [6, 6.07) is 0.278. The molecule has 0 saturated carbocycles. The molecule has 0 aliphatic carbocycles. The standard InChI is InChI=1S/C9H18N2O2S/c1-11(5-8-2-3-10-4-8)9-6-14(12,13)7-9/h8-10H,2-7H2,1H3. The zero-order valence-corrected chi connectivity index (χ0v) is 9.39. The van der Waals surface area contributed by atoms with E-state index in [1.165, 1.54) is 6.42 Å². The highest BCUT2D eigenvalue weighted by molar-refractivity contribution is 7.92. The van der Waals surface area contributed by atoms with Crippen molar-refractivity contribution in [3.8, 4) is 0 Å². The van der Waals surface area contributed by atoms with Gasteiger partial charge in [0.15, 0.2) is 9.84 Å². The average molecular weight is 218 g/mol. The van der Waals surface area contributed by atoms with E-state index in [1.54, 1.807) is 0 Å². The molecule has 0 bridgehead atoms. The second-order valence-corrected chi connectivity index (χ2v) is 6.68. The predicted molar refractivity (Wildman–Crippen MR) is 56.0 cm³/mol. The van der Waals surface area contributed by atoms with Gasteiger partial charge < -0.3 is 10.2 Å². The van der Waals surface area contributed by atoms with E-state index in [1.807, 2.05) is 7.05 Å². The minimum atomic E-state index is -2.67. The molecule has 0 radical (unpaired) electrons. The maximum Gasteiger partial charge on any atom is 0.153 e. The molecule has 14 heavy (non-hydrogen) atoms. The van der Waals surface area contributed by atoms with Crippen LogP contribution >= 0.6 is 0 Å². The Hall–Kier alpha value is -0.130. The Bertz CT molecular complexity index is 284. The summed E-state index contributed by atoms with van der Waals surface area (Å²) in [6.07, 6.45) is 1.23. The molecule has 0 aromatic rings. The van der Waals surface area contributed by atoms with Gasteiger partial charge in [-0.25, -0.2) is 8.42 Å². The van der Waals surface area contributed by atoms with Gasteiger partial charge in [0.25, 0.3) is 0 Å². The minimum Gasteiger partial charge on any atom is -0.316 e. The summed E-state index contributed by atoms with van der Waals surface area (Å²) in [5.74, 6) is 1.44. The average Bonchev–Trinajstić information content (AvgIpc) is 2.52. The van der Waals surface area contributed by atoms with Crippen molar-refractivity contribution >= 4 is 9.84 Å². The van der Waals surface area contributed by atoms with Crippen LogP contribution in [0.2, 0.25) is 0 Å². The van der Waals surface area contributed by atoms with Gasteiger partial charge in [0.2, 0.25) is 0 Å². The molecular formula is C9H18N2O2S. The van der Waals surface area contributed by atoms with Crippen molar-refractivity contribution in [2.45, 2.75) is 12.5 Å². The second kappa shape index (κ2) is 3.79. The highest BCUT2D eigenvalue weighted by Gasteiger charge is 2.36. The van der Waals surface area contributed by atoms with Crippen LogP contribution in [0.15, 0.2) is 0 Å². The molecule has 2 rings (SSSR count). The molecule has 2 fully saturated rings. The summed E-state index contributed by atoms with van der Waals surface area (Å²) in [7, 11) is -0.627. The summed E-state index contributed by atoms with van der Waals surface area (Å²) in [6.45, 7) is 3.23. The summed E-state index contributed by atoms with van der Waals surface area (Å²) in [5.41, 5.74) is 0. The van der Waals surface area contributed by atoms with Gasteiger partial charge in [-0.05, 0) is 32.5 Å². The molecule has 5 heteroatoms. The molecule has 0 spiro atoms. The Morgan fingerprint density at radius 1 is 1.43 bits per heavy atom. The van der Waals surface area contributed by atoms with E-state index in [9.17, 15) is 8.42 Å². The van der Waals surface area contributed by atoms with Crippen molar-refractivity contribution in [1.29, 1.82) is 0 Å². The molecule has 0 aromatic carbocycles. The smallest absolute Gasteiger partial charge is 0.153 e. The molecule has 1 N–H and O–H groups in total. The molecule has 2 heterocycles. The Kier molecular flexibility index (Phi) is 2.81. The quantitative estimate of drug-likeness (QED) is 0.682. The van der Waals surface area contributed by atoms with Crippen LogP contribution < -0.4 is 5.32 Å². The zero-order valence-electron chi connectivity index (χ0n) is 8.57. The number of nitrogens with zero attached hydrogens (tertiary/aromatic N) is 1. The molecule has 1 atom stereocenters. The van der Waals surface area contributed by atoms with Gasteiger partial charge in [-0.2, -0.15) is 0 Å². The topological polar surface area (TPSA) is 49.4 Å². The third-order valence-electron chi connectivity index (χ3n) is 3.22. The molecule has 2 saturated heterocycles. The molecule has 0 amide bonds. The van der Waals surface area contributed by atoms with Gasteiger partial charge in [0.1, 0.15) is 0 Å². The first-order chi connectivity index (χ1) is 6.57. The fourth-order valence-corrected chi connectivity index (χ4v) is 3.80. The third kappa shape index (κ3) is 2.27. The lowest BCUT2D eigenvalue weighted by Gasteiger charge is -2.35. The normalized spacial score (nSPS) is 32.0. The van der Waals surface area contributed by atoms with E-state index in [2.05, 4.69) is 10.2 Å². The van der Waals surface area contributed by atoms with Crippen molar-refractivity contribution in [1.82, 2.24) is 10.2 Å². The van der Waals surface area contributed by atoms with Gasteiger partial charge in [0, 0.05) is 12.6 Å². The van der Waals surface area contributed by atoms with Crippen LogP contribution in [0.25, 0.3) is 0 Å². The van der Waals surface area contributed by atoms with Crippen molar-refractivity contribution < 1.29 is 8.42 Å². The van der Waals surface area contributed by atoms with E-state index in [4.69, 9.17) is 0 Å². The largest absolute Gasteiger partial charge is 0.316 e. The summed E-state index contributed by atoms with van der Waals surface area (Å²) in [5, 5.41) is 3.32. The number of hydrogen-bond acceptors (Lipinski definition) is 4. The fraction of sp³-hybridized carbons (Fsp3) is 1.00. The van der Waals surface area contributed by atoms with Gasteiger partial charge in [-0.15, -0.1) is 0 Å². The summed E-state index contributed by atoms with van der Waals surface area (Å²) < 4.78 is 22.0. The summed E-state index contributed by atoms with van der Waals surface area (Å²) >= 11 is 0. The van der Waals surface area contributed by atoms with Crippen LogP contribution in [0.5, 0.6) is 0 Å². The van der Waals surface area contributed by atoms with E-state index < -0.39 is 9.84 Å². The van der Waals surface area contributed by atoms with Crippen LogP contribution in [0.4, 0.5) is 0 Å². The first-order valence-corrected chi connectivity index (χ1v) is 7.00. The number of sulfone groups is 1. The SMILES string of the molecule is CN(CC1CCNC1)C1CS(=O)(=O)C1. The highest BCUT2D eigenvalue weighted by Crippen LogP contribution is 2.18. The Morgan fingerprint density at radius 3 is 2.64 bits per heavy atom. The maximum atomic E-state index is 11.0. The van der Waals surface area contributed by atoms with Crippen molar-refractivity contribution in [2.24, 2.45) is 5.92 Å². The molecule has 4 nitrogen and oxygen atoms in total. The van der Waals surface area contributed by atoms with Crippen LogP contribution in [0.1, 0.15) is 6.42 Å². The number of nitrogens with one attached hydrogen (secondary N) is 1. The van der Waals surface area contributed by atoms with Crippen LogP contribution in [-0.4, -0.2) is 57.5 Å². The van der Waals surface area contributed by atoms with E-state index in [-0.39, 0.29) is 6.04 Å². The first kappa shape index (κ1) is 10.4. The number of hydrogen-bond donors (Lipinski definition) is 1. The number of rotatable bonds is 3. The lowest BCUT2D eigenvalue weighted by molar-refractivity contribution is 0.228. The van der Waals surface area contributed by atoms with Gasteiger partial charge >= 0.3 is 0 Å². The van der Waals surface area contributed by atoms with E-state index in [0.717, 1.165) is 19.6 Å². The van der Waals surface area contributed by atoms with Gasteiger partial charge in [-0.3, -0.25) is 0 Å². The predicted octanol–water partition coefficient (Wildman–Crippen LogP) is -0.675. The lowest BCUT2D eigenvalue weighted by Crippen LogP contribution is -2.52. The van der Waals surface area contributed by atoms with E-state index in [0.29, 0.717) is 17.4 Å². The van der Waals surface area contributed by atoms with Crippen molar-refractivity contribution in [3.05, 3.63) is 0 Å². The fourth-order valence-electron chi connectivity index (χ4n) is 2.22. The molecular weight excluding hydrogens is 200 g/mol. The Morgan fingerprint density at radius 2 is 2.14 bits per heavy atom.